The molecule has 0 radical (unpaired) electrons. The van der Waals surface area contributed by atoms with Crippen LogP contribution in [-0.2, 0) is 13.6 Å². The Morgan fingerprint density at radius 1 is 1.15 bits per heavy atom. The summed E-state index contributed by atoms with van der Waals surface area (Å²) in [6, 6.07) is 9.31. The van der Waals surface area contributed by atoms with Gasteiger partial charge in [-0.1, -0.05) is 12.1 Å². The van der Waals surface area contributed by atoms with E-state index >= 15 is 0 Å². The molecule has 1 aromatic carbocycles. The van der Waals surface area contributed by atoms with Crippen molar-refractivity contribution in [1.82, 2.24) is 24.0 Å². The van der Waals surface area contributed by atoms with E-state index in [1.807, 2.05) is 24.3 Å². The van der Waals surface area contributed by atoms with Gasteiger partial charge in [-0.3, -0.25) is 18.8 Å². The van der Waals surface area contributed by atoms with Crippen molar-refractivity contribution in [2.75, 3.05) is 13.1 Å². The van der Waals surface area contributed by atoms with Gasteiger partial charge in [0.2, 0.25) is 0 Å². The highest BCUT2D eigenvalue weighted by Gasteiger charge is 2.29. The fourth-order valence-electron chi connectivity index (χ4n) is 3.71. The summed E-state index contributed by atoms with van der Waals surface area (Å²) in [6.07, 6.45) is 5.27. The van der Waals surface area contributed by atoms with Crippen LogP contribution in [0.2, 0.25) is 0 Å². The summed E-state index contributed by atoms with van der Waals surface area (Å²) >= 11 is 0. The summed E-state index contributed by atoms with van der Waals surface area (Å²) < 4.78 is 3.28. The smallest absolute Gasteiger partial charge is 0.298 e. The van der Waals surface area contributed by atoms with Crippen LogP contribution in [0.4, 0.5) is 0 Å². The fraction of sp³-hybridized carbons (Fsp3) is 0.368. The molecule has 2 aromatic heterocycles. The first-order valence-electron chi connectivity index (χ1n) is 8.86. The van der Waals surface area contributed by atoms with E-state index in [2.05, 4.69) is 9.88 Å². The summed E-state index contributed by atoms with van der Waals surface area (Å²) in [4.78, 5) is 35.4. The Morgan fingerprint density at radius 3 is 2.85 bits per heavy atom. The van der Waals surface area contributed by atoms with Gasteiger partial charge in [0.15, 0.2) is 0 Å². The van der Waals surface area contributed by atoms with Crippen molar-refractivity contribution < 1.29 is 0 Å². The number of likely N-dealkylation sites (tertiary alicyclic amines) is 1. The highest BCUT2D eigenvalue weighted by atomic mass is 16.1. The van der Waals surface area contributed by atoms with Crippen LogP contribution in [0.3, 0.4) is 0 Å². The number of hydrogen-bond acceptors (Lipinski definition) is 5. The Balaban J connectivity index is 1.63. The molecule has 1 aliphatic rings. The second-order valence-corrected chi connectivity index (χ2v) is 6.64. The molecule has 3 heterocycles. The van der Waals surface area contributed by atoms with E-state index in [0.29, 0.717) is 11.9 Å². The van der Waals surface area contributed by atoms with E-state index in [-0.39, 0.29) is 17.3 Å². The summed E-state index contributed by atoms with van der Waals surface area (Å²) in [5, 5.41) is 0.644. The summed E-state index contributed by atoms with van der Waals surface area (Å²) in [6.45, 7) is 2.23. The molecule has 0 bridgehead atoms. The second kappa shape index (κ2) is 6.84. The van der Waals surface area contributed by atoms with Crippen LogP contribution in [0, 0.1) is 0 Å². The SMILES string of the molecule is Cn1c(C2CCCN2CCn2cccnc2=O)nc2ccccc2c1=O. The molecule has 1 atom stereocenters. The zero-order chi connectivity index (χ0) is 18.1. The van der Waals surface area contributed by atoms with Gasteiger partial charge in [-0.15, -0.1) is 0 Å². The van der Waals surface area contributed by atoms with Gasteiger partial charge in [-0.25, -0.2) is 14.8 Å². The van der Waals surface area contributed by atoms with Crippen LogP contribution in [-0.4, -0.2) is 37.1 Å². The van der Waals surface area contributed by atoms with Gasteiger partial charge < -0.3 is 0 Å². The van der Waals surface area contributed by atoms with E-state index in [0.717, 1.165) is 37.3 Å². The molecule has 0 spiro atoms. The first kappa shape index (κ1) is 16.7. The molecule has 1 saturated heterocycles. The van der Waals surface area contributed by atoms with Crippen LogP contribution in [0.15, 0.2) is 52.3 Å². The van der Waals surface area contributed by atoms with E-state index in [4.69, 9.17) is 4.98 Å². The Labute approximate surface area is 150 Å². The average Bonchev–Trinajstić information content (AvgIpc) is 3.12. The Bertz CT molecular complexity index is 1060. The van der Waals surface area contributed by atoms with Crippen LogP contribution >= 0.6 is 0 Å². The lowest BCUT2D eigenvalue weighted by Gasteiger charge is -2.25. The van der Waals surface area contributed by atoms with E-state index in [9.17, 15) is 9.59 Å². The summed E-state index contributed by atoms with van der Waals surface area (Å²) in [5.41, 5.74) is 0.487. The third kappa shape index (κ3) is 2.94. The number of rotatable bonds is 4. The molecule has 1 fully saturated rings. The lowest BCUT2D eigenvalue weighted by Crippen LogP contribution is -2.34. The van der Waals surface area contributed by atoms with E-state index in [1.165, 1.54) is 6.20 Å². The molecule has 3 aromatic rings. The Hall–Kier alpha value is -2.80. The maximum atomic E-state index is 12.7. The van der Waals surface area contributed by atoms with Gasteiger partial charge in [0.25, 0.3) is 5.56 Å². The molecule has 4 rings (SSSR count). The first-order valence-corrected chi connectivity index (χ1v) is 8.86. The molecule has 0 N–H and O–H groups in total. The monoisotopic (exact) mass is 351 g/mol. The minimum Gasteiger partial charge on any atom is -0.298 e. The lowest BCUT2D eigenvalue weighted by atomic mass is 10.1. The van der Waals surface area contributed by atoms with Crippen molar-refractivity contribution in [1.29, 1.82) is 0 Å². The Kier molecular flexibility index (Phi) is 4.38. The molecule has 0 aliphatic carbocycles. The zero-order valence-electron chi connectivity index (χ0n) is 14.7. The fourth-order valence-corrected chi connectivity index (χ4v) is 3.71. The first-order chi connectivity index (χ1) is 12.6. The predicted molar refractivity (Wildman–Crippen MR) is 99.0 cm³/mol. The number of fused-ring (bicyclic) bond motifs is 1. The van der Waals surface area contributed by atoms with Gasteiger partial charge >= 0.3 is 5.69 Å². The van der Waals surface area contributed by atoms with E-state index < -0.39 is 0 Å². The third-order valence-corrected chi connectivity index (χ3v) is 5.09. The number of aromatic nitrogens is 4. The van der Waals surface area contributed by atoms with Gasteiger partial charge in [0.05, 0.1) is 16.9 Å². The van der Waals surface area contributed by atoms with Crippen molar-refractivity contribution in [2.24, 2.45) is 7.05 Å². The molecule has 7 nitrogen and oxygen atoms in total. The molecule has 134 valence electrons. The van der Waals surface area contributed by atoms with Crippen molar-refractivity contribution >= 4 is 10.9 Å². The number of para-hydroxylation sites is 1. The molecule has 1 unspecified atom stereocenters. The van der Waals surface area contributed by atoms with Gasteiger partial charge in [-0.05, 0) is 37.6 Å². The van der Waals surface area contributed by atoms with Gasteiger partial charge in [-0.2, -0.15) is 0 Å². The number of benzene rings is 1. The number of hydrogen-bond donors (Lipinski definition) is 0. The maximum absolute atomic E-state index is 12.7. The van der Waals surface area contributed by atoms with Crippen molar-refractivity contribution in [3.63, 3.8) is 0 Å². The second-order valence-electron chi connectivity index (χ2n) is 6.64. The van der Waals surface area contributed by atoms with Crippen molar-refractivity contribution in [2.45, 2.75) is 25.4 Å². The van der Waals surface area contributed by atoms with Crippen molar-refractivity contribution in [3.8, 4) is 0 Å². The molecular formula is C19H21N5O2. The predicted octanol–water partition coefficient (Wildman–Crippen LogP) is 1.33. The molecule has 1 aliphatic heterocycles. The van der Waals surface area contributed by atoms with Crippen LogP contribution in [0.25, 0.3) is 10.9 Å². The highest BCUT2D eigenvalue weighted by molar-refractivity contribution is 5.77. The largest absolute Gasteiger partial charge is 0.347 e. The summed E-state index contributed by atoms with van der Waals surface area (Å²) in [5.74, 6) is 0.796. The standard InChI is InChI=1S/C19H21N5O2/c1-22-17(21-15-7-3-2-6-14(15)18(22)25)16-8-4-10-23(16)12-13-24-11-5-9-20-19(24)26/h2-3,5-7,9,11,16H,4,8,10,12-13H2,1H3. The van der Waals surface area contributed by atoms with Gasteiger partial charge in [0, 0.05) is 32.5 Å². The van der Waals surface area contributed by atoms with Crippen molar-refractivity contribution in [3.05, 3.63) is 69.4 Å². The molecular weight excluding hydrogens is 330 g/mol. The summed E-state index contributed by atoms with van der Waals surface area (Å²) in [7, 11) is 1.79. The van der Waals surface area contributed by atoms with Crippen LogP contribution < -0.4 is 11.2 Å². The minimum atomic E-state index is -0.237. The zero-order valence-corrected chi connectivity index (χ0v) is 14.7. The maximum Gasteiger partial charge on any atom is 0.347 e. The topological polar surface area (TPSA) is 73.0 Å². The highest BCUT2D eigenvalue weighted by Crippen LogP contribution is 2.30. The molecule has 7 heteroatoms. The minimum absolute atomic E-state index is 0.0130. The van der Waals surface area contributed by atoms with Crippen LogP contribution in [0.1, 0.15) is 24.7 Å². The number of nitrogens with zero attached hydrogens (tertiary/aromatic N) is 5. The molecule has 26 heavy (non-hydrogen) atoms. The molecule has 0 saturated carbocycles. The van der Waals surface area contributed by atoms with E-state index in [1.54, 1.807) is 28.4 Å². The Morgan fingerprint density at radius 2 is 2.00 bits per heavy atom. The normalized spacial score (nSPS) is 17.8. The molecule has 0 amide bonds. The third-order valence-electron chi connectivity index (χ3n) is 5.09. The van der Waals surface area contributed by atoms with Crippen LogP contribution in [0.5, 0.6) is 0 Å². The van der Waals surface area contributed by atoms with Gasteiger partial charge in [0.1, 0.15) is 5.82 Å². The average molecular weight is 351 g/mol. The lowest BCUT2D eigenvalue weighted by molar-refractivity contribution is 0.233. The quantitative estimate of drug-likeness (QED) is 0.709.